The van der Waals surface area contributed by atoms with Gasteiger partial charge in [-0.25, -0.2) is 0 Å². The van der Waals surface area contributed by atoms with E-state index < -0.39 is 0 Å². The van der Waals surface area contributed by atoms with Gasteiger partial charge in [0.25, 0.3) is 0 Å². The Morgan fingerprint density at radius 1 is 0.900 bits per heavy atom. The van der Waals surface area contributed by atoms with Crippen molar-refractivity contribution in [3.63, 3.8) is 0 Å². The van der Waals surface area contributed by atoms with Crippen LogP contribution in [0.15, 0.2) is 0 Å². The van der Waals surface area contributed by atoms with E-state index in [-0.39, 0.29) is 32.3 Å². The quantitative estimate of drug-likeness (QED) is 0.624. The van der Waals surface area contributed by atoms with Gasteiger partial charge in [-0.2, -0.15) is 0 Å². The van der Waals surface area contributed by atoms with Crippen LogP contribution in [0.1, 0.15) is 27.7 Å². The van der Waals surface area contributed by atoms with Crippen molar-refractivity contribution in [3.8, 4) is 0 Å². The van der Waals surface area contributed by atoms with Gasteiger partial charge in [0.15, 0.2) is 0 Å². The van der Waals surface area contributed by atoms with Crippen molar-refractivity contribution in [2.75, 3.05) is 0 Å². The molecule has 1 radical (unpaired) electrons. The summed E-state index contributed by atoms with van der Waals surface area (Å²) in [6, 6.07) is 0. The Morgan fingerprint density at radius 3 is 1.30 bits per heavy atom. The topological polar surface area (TPSA) is 18.5 Å². The molecule has 0 unspecified atom stereocenters. The molecule has 0 aromatic heterocycles. The van der Waals surface area contributed by atoms with Crippen LogP contribution in [0.2, 0.25) is 0 Å². The van der Waals surface area contributed by atoms with E-state index in [2.05, 4.69) is 0 Å². The van der Waals surface area contributed by atoms with Crippen LogP contribution in [-0.2, 0) is 30.4 Å². The Bertz CT molecular complexity index is 111. The molecule has 1 fully saturated rings. The molecule has 1 saturated heterocycles. The molecule has 0 amide bonds. The second-order valence-electron chi connectivity index (χ2n) is 3.35. The molecule has 2 nitrogen and oxygen atoms in total. The van der Waals surface area contributed by atoms with Gasteiger partial charge in [0.1, 0.15) is 0 Å². The smallest absolute Gasteiger partial charge is 0.405 e. The predicted molar refractivity (Wildman–Crippen MR) is 36.1 cm³/mol. The first-order valence-electron chi connectivity index (χ1n) is 3.13. The summed E-state index contributed by atoms with van der Waals surface area (Å²) >= 11 is 0. The molecule has 1 aliphatic rings. The van der Waals surface area contributed by atoms with E-state index in [1.807, 2.05) is 27.7 Å². The first-order chi connectivity index (χ1) is 3.96. The molecule has 0 atom stereocenters. The van der Waals surface area contributed by atoms with Crippen LogP contribution in [0.4, 0.5) is 0 Å². The minimum atomic E-state index is -0.188. The van der Waals surface area contributed by atoms with Gasteiger partial charge < -0.3 is 9.31 Å². The standard InChI is InChI=1S/C6H12BO2.W/c1-5(2)6(3,4)9-7-8-5;/h1-4H3;. The Morgan fingerprint density at radius 2 is 1.20 bits per heavy atom. The van der Waals surface area contributed by atoms with Gasteiger partial charge in [-0.1, -0.05) is 0 Å². The average Bonchev–Trinajstić information content (AvgIpc) is 1.81. The summed E-state index contributed by atoms with van der Waals surface area (Å²) in [6.07, 6.45) is 0. The van der Waals surface area contributed by atoms with Gasteiger partial charge in [-0.05, 0) is 27.7 Å². The molecule has 1 aliphatic heterocycles. The Kier molecular flexibility index (Phi) is 3.16. The maximum absolute atomic E-state index is 5.21. The Balaban J connectivity index is 0.000000810. The maximum atomic E-state index is 5.21. The fourth-order valence-electron chi connectivity index (χ4n) is 0.548. The van der Waals surface area contributed by atoms with E-state index >= 15 is 0 Å². The van der Waals surface area contributed by atoms with Crippen LogP contribution < -0.4 is 0 Å². The largest absolute Gasteiger partial charge is 0.488 e. The monoisotopic (exact) mass is 311 g/mol. The Hall–Kier alpha value is 0.673. The van der Waals surface area contributed by atoms with E-state index in [0.717, 1.165) is 0 Å². The van der Waals surface area contributed by atoms with Gasteiger partial charge in [-0.15, -0.1) is 0 Å². The van der Waals surface area contributed by atoms with Crippen molar-refractivity contribution in [1.82, 2.24) is 0 Å². The minimum Gasteiger partial charge on any atom is -0.405 e. The number of hydrogen-bond acceptors (Lipinski definition) is 2. The van der Waals surface area contributed by atoms with Crippen molar-refractivity contribution < 1.29 is 30.4 Å². The molecule has 0 bridgehead atoms. The molecule has 1 rings (SSSR count). The van der Waals surface area contributed by atoms with E-state index in [4.69, 9.17) is 9.31 Å². The first kappa shape index (κ1) is 10.7. The Labute approximate surface area is 77.2 Å². The van der Waals surface area contributed by atoms with Gasteiger partial charge in [-0.3, -0.25) is 0 Å². The van der Waals surface area contributed by atoms with Gasteiger partial charge >= 0.3 is 7.69 Å². The van der Waals surface area contributed by atoms with Crippen LogP contribution in [0.25, 0.3) is 0 Å². The third-order valence-electron chi connectivity index (χ3n) is 2.14. The fourth-order valence-corrected chi connectivity index (χ4v) is 0.548. The molecule has 0 spiro atoms. The minimum absolute atomic E-state index is 0. The van der Waals surface area contributed by atoms with Crippen molar-refractivity contribution in [2.45, 2.75) is 38.9 Å². The summed E-state index contributed by atoms with van der Waals surface area (Å²) < 4.78 is 10.4. The van der Waals surface area contributed by atoms with E-state index in [9.17, 15) is 0 Å². The average molecular weight is 311 g/mol. The van der Waals surface area contributed by atoms with Gasteiger partial charge in [0.05, 0.1) is 11.2 Å². The van der Waals surface area contributed by atoms with Crippen molar-refractivity contribution in [2.24, 2.45) is 0 Å². The summed E-state index contributed by atoms with van der Waals surface area (Å²) in [5.41, 5.74) is -0.375. The van der Waals surface area contributed by atoms with Crippen LogP contribution in [0, 0.1) is 0 Å². The molecule has 0 aliphatic carbocycles. The summed E-state index contributed by atoms with van der Waals surface area (Å²) in [4.78, 5) is 0. The summed E-state index contributed by atoms with van der Waals surface area (Å²) in [7, 11) is 1.42. The number of hydrogen-bond donors (Lipinski definition) is 0. The van der Waals surface area contributed by atoms with Crippen molar-refractivity contribution in [1.29, 1.82) is 0 Å². The molecule has 0 aromatic carbocycles. The molecule has 0 aromatic rings. The maximum Gasteiger partial charge on any atom is 0.488 e. The first-order valence-corrected chi connectivity index (χ1v) is 3.13. The van der Waals surface area contributed by atoms with Crippen LogP contribution in [0.5, 0.6) is 0 Å². The van der Waals surface area contributed by atoms with E-state index in [1.165, 1.54) is 7.69 Å². The second-order valence-corrected chi connectivity index (χ2v) is 3.35. The zero-order chi connectivity index (χ0) is 7.12. The normalized spacial score (nSPS) is 26.8. The second kappa shape index (κ2) is 2.96. The van der Waals surface area contributed by atoms with E-state index in [0.29, 0.717) is 0 Å². The summed E-state index contributed by atoms with van der Waals surface area (Å²) in [6.45, 7) is 8.04. The summed E-state index contributed by atoms with van der Waals surface area (Å²) in [5.74, 6) is 0. The predicted octanol–water partition coefficient (Wildman–Crippen LogP) is 1.12. The van der Waals surface area contributed by atoms with E-state index in [1.54, 1.807) is 0 Å². The van der Waals surface area contributed by atoms with Crippen LogP contribution in [0.3, 0.4) is 0 Å². The van der Waals surface area contributed by atoms with Crippen LogP contribution in [-0.4, -0.2) is 18.9 Å². The fraction of sp³-hybridized carbons (Fsp3) is 1.00. The van der Waals surface area contributed by atoms with Gasteiger partial charge in [0.2, 0.25) is 0 Å². The summed E-state index contributed by atoms with van der Waals surface area (Å²) in [5, 5.41) is 0. The molecule has 4 heteroatoms. The third kappa shape index (κ3) is 1.63. The van der Waals surface area contributed by atoms with Crippen molar-refractivity contribution >= 4 is 7.69 Å². The number of rotatable bonds is 0. The molecule has 0 saturated carbocycles. The zero-order valence-electron chi connectivity index (χ0n) is 6.80. The molecule has 0 N–H and O–H groups in total. The van der Waals surface area contributed by atoms with Crippen LogP contribution >= 0.6 is 0 Å². The molecule has 1 heterocycles. The van der Waals surface area contributed by atoms with Crippen molar-refractivity contribution in [3.05, 3.63) is 0 Å². The SMILES string of the molecule is CC1(C)O[B]OC1(C)C.[W]. The molecular formula is C6H12BO2W. The molecule has 57 valence electrons. The van der Waals surface area contributed by atoms with Gasteiger partial charge in [0, 0.05) is 21.1 Å². The molecule has 10 heavy (non-hydrogen) atoms. The molecular weight excluding hydrogens is 299 g/mol. The zero-order valence-corrected chi connectivity index (χ0v) is 9.74. The third-order valence-corrected chi connectivity index (χ3v) is 2.14.